The fourth-order valence-corrected chi connectivity index (χ4v) is 3.98. The maximum atomic E-state index is 12.6. The average molecular weight is 343 g/mol. The van der Waals surface area contributed by atoms with Gasteiger partial charge in [-0.3, -0.25) is 9.59 Å². The summed E-state index contributed by atoms with van der Waals surface area (Å²) in [5.41, 5.74) is 4.79. The van der Waals surface area contributed by atoms with Crippen LogP contribution >= 0.6 is 0 Å². The van der Waals surface area contributed by atoms with E-state index in [9.17, 15) is 9.59 Å². The third-order valence-corrected chi connectivity index (χ3v) is 4.92. The molecule has 0 heterocycles. The molecule has 1 aromatic carbocycles. The number of Topliss-reactive ketones (excluding diaryl/α,β-unsaturated/α-hetero) is 2. The second-order valence-electron chi connectivity index (χ2n) is 7.04. The molecule has 1 aromatic rings. The second-order valence-corrected chi connectivity index (χ2v) is 7.04. The molecule has 0 aromatic heterocycles. The Labute approximate surface area is 150 Å². The zero-order valence-corrected chi connectivity index (χ0v) is 15.8. The summed E-state index contributed by atoms with van der Waals surface area (Å²) < 4.78 is 0. The fraction of sp³-hybridized carbons (Fsp3) is 0.571. The maximum absolute atomic E-state index is 12.6. The Bertz CT molecular complexity index is 622. The van der Waals surface area contributed by atoms with Crippen LogP contribution in [0.3, 0.4) is 0 Å². The number of oxime groups is 1. The van der Waals surface area contributed by atoms with Gasteiger partial charge in [-0.1, -0.05) is 22.9 Å². The monoisotopic (exact) mass is 343 g/mol. The van der Waals surface area contributed by atoms with Crippen molar-refractivity contribution in [2.45, 2.75) is 65.7 Å². The summed E-state index contributed by atoms with van der Waals surface area (Å²) in [6, 6.07) is 4.28. The van der Waals surface area contributed by atoms with Gasteiger partial charge in [0.2, 0.25) is 0 Å². The van der Waals surface area contributed by atoms with Crippen LogP contribution in [0.15, 0.2) is 17.3 Å². The number of unbranched alkanes of at least 4 members (excludes halogenated alkanes) is 1. The number of hydrogen-bond donors (Lipinski definition) is 0. The highest BCUT2D eigenvalue weighted by Crippen LogP contribution is 2.37. The van der Waals surface area contributed by atoms with Crippen LogP contribution in [0.4, 0.5) is 0 Å². The van der Waals surface area contributed by atoms with Crippen molar-refractivity contribution in [1.82, 2.24) is 0 Å². The first-order valence-electron chi connectivity index (χ1n) is 9.21. The average Bonchev–Trinajstić information content (AvgIpc) is 2.51. The molecule has 0 aliphatic heterocycles. The minimum Gasteiger partial charge on any atom is -0.396 e. The van der Waals surface area contributed by atoms with E-state index in [1.165, 1.54) is 22.3 Å². The molecule has 136 valence electrons. The molecule has 0 saturated heterocycles. The van der Waals surface area contributed by atoms with Crippen molar-refractivity contribution in [3.63, 3.8) is 0 Å². The summed E-state index contributed by atoms with van der Waals surface area (Å²) in [5, 5.41) is 3.79. The number of carbonyl (C=O) groups excluding carboxylic acids is 2. The van der Waals surface area contributed by atoms with Crippen LogP contribution in [-0.2, 0) is 14.4 Å². The van der Waals surface area contributed by atoms with E-state index >= 15 is 0 Å². The Morgan fingerprint density at radius 2 is 1.72 bits per heavy atom. The molecule has 2 rings (SSSR count). The fourth-order valence-electron chi connectivity index (χ4n) is 3.98. The topological polar surface area (TPSA) is 55.7 Å². The highest BCUT2D eigenvalue weighted by atomic mass is 16.6. The lowest BCUT2D eigenvalue weighted by Crippen LogP contribution is -2.33. The zero-order chi connectivity index (χ0) is 18.4. The Morgan fingerprint density at radius 3 is 2.28 bits per heavy atom. The SMILES string of the molecule is CCON=CCCCC1C(=O)CC(c2c(C)cc(C)cc2C)CC1=O. The van der Waals surface area contributed by atoms with Gasteiger partial charge in [-0.25, -0.2) is 0 Å². The summed E-state index contributed by atoms with van der Waals surface area (Å²) in [7, 11) is 0. The lowest BCUT2D eigenvalue weighted by molar-refractivity contribution is -0.136. The van der Waals surface area contributed by atoms with Gasteiger partial charge >= 0.3 is 0 Å². The Balaban J connectivity index is 1.98. The Hall–Kier alpha value is -1.97. The van der Waals surface area contributed by atoms with Crippen LogP contribution in [0.25, 0.3) is 0 Å². The number of aryl methyl sites for hydroxylation is 3. The molecule has 0 N–H and O–H groups in total. The normalized spacial score (nSPS) is 21.1. The van der Waals surface area contributed by atoms with Crippen molar-refractivity contribution in [2.24, 2.45) is 11.1 Å². The summed E-state index contributed by atoms with van der Waals surface area (Å²) >= 11 is 0. The molecular weight excluding hydrogens is 314 g/mol. The molecule has 1 aliphatic carbocycles. The molecule has 25 heavy (non-hydrogen) atoms. The van der Waals surface area contributed by atoms with Crippen molar-refractivity contribution < 1.29 is 14.4 Å². The van der Waals surface area contributed by atoms with Crippen LogP contribution in [0, 0.1) is 26.7 Å². The van der Waals surface area contributed by atoms with E-state index in [0.29, 0.717) is 25.9 Å². The lowest BCUT2D eigenvalue weighted by atomic mass is 9.73. The van der Waals surface area contributed by atoms with E-state index in [1.54, 1.807) is 6.21 Å². The number of hydrogen-bond acceptors (Lipinski definition) is 4. The standard InChI is InChI=1S/C21H29NO3/c1-5-25-22-9-7-6-8-18-19(23)12-17(13-20(18)24)21-15(3)10-14(2)11-16(21)4/h9-11,17-18H,5-8,12-13H2,1-4H3. The molecule has 4 nitrogen and oxygen atoms in total. The molecule has 1 aliphatic rings. The smallest absolute Gasteiger partial charge is 0.143 e. The predicted molar refractivity (Wildman–Crippen MR) is 100 cm³/mol. The number of nitrogens with zero attached hydrogens (tertiary/aromatic N) is 1. The van der Waals surface area contributed by atoms with Gasteiger partial charge < -0.3 is 4.84 Å². The summed E-state index contributed by atoms with van der Waals surface area (Å²) in [4.78, 5) is 30.0. The molecule has 0 unspecified atom stereocenters. The van der Waals surface area contributed by atoms with Crippen molar-refractivity contribution in [2.75, 3.05) is 6.61 Å². The predicted octanol–water partition coefficient (Wildman–Crippen LogP) is 4.44. The van der Waals surface area contributed by atoms with E-state index in [0.717, 1.165) is 12.8 Å². The maximum Gasteiger partial charge on any atom is 0.143 e. The number of rotatable bonds is 7. The molecule has 0 bridgehead atoms. The highest BCUT2D eigenvalue weighted by molar-refractivity contribution is 6.05. The van der Waals surface area contributed by atoms with Crippen molar-refractivity contribution >= 4 is 17.8 Å². The Morgan fingerprint density at radius 1 is 1.12 bits per heavy atom. The summed E-state index contributed by atoms with van der Waals surface area (Å²) in [5.74, 6) is -0.191. The van der Waals surface area contributed by atoms with E-state index in [2.05, 4.69) is 38.1 Å². The minimum absolute atomic E-state index is 0.0383. The van der Waals surface area contributed by atoms with Gasteiger partial charge in [-0.05, 0) is 69.6 Å². The van der Waals surface area contributed by atoms with Crippen LogP contribution in [0.1, 0.15) is 67.2 Å². The molecular formula is C21H29NO3. The van der Waals surface area contributed by atoms with Gasteiger partial charge in [-0.15, -0.1) is 0 Å². The molecule has 1 saturated carbocycles. The highest BCUT2D eigenvalue weighted by Gasteiger charge is 2.36. The Kier molecular flexibility index (Phi) is 6.91. The van der Waals surface area contributed by atoms with Gasteiger partial charge in [-0.2, -0.15) is 0 Å². The van der Waals surface area contributed by atoms with Crippen molar-refractivity contribution in [1.29, 1.82) is 0 Å². The lowest BCUT2D eigenvalue weighted by Gasteiger charge is -2.29. The van der Waals surface area contributed by atoms with E-state index < -0.39 is 5.92 Å². The van der Waals surface area contributed by atoms with Crippen molar-refractivity contribution in [3.8, 4) is 0 Å². The summed E-state index contributed by atoms with van der Waals surface area (Å²) in [6.07, 6.45) is 4.81. The molecule has 4 heteroatoms. The van der Waals surface area contributed by atoms with Crippen molar-refractivity contribution in [3.05, 3.63) is 34.4 Å². The largest absolute Gasteiger partial charge is 0.396 e. The molecule has 0 spiro atoms. The summed E-state index contributed by atoms with van der Waals surface area (Å²) in [6.45, 7) is 8.66. The third-order valence-electron chi connectivity index (χ3n) is 4.92. The van der Waals surface area contributed by atoms with Crippen LogP contribution < -0.4 is 0 Å². The molecule has 0 amide bonds. The first-order chi connectivity index (χ1) is 11.9. The molecule has 1 fully saturated rings. The molecule has 0 radical (unpaired) electrons. The first kappa shape index (κ1) is 19.4. The minimum atomic E-state index is -0.428. The zero-order valence-electron chi connectivity index (χ0n) is 15.8. The first-order valence-corrected chi connectivity index (χ1v) is 9.21. The van der Waals surface area contributed by atoms with E-state index in [4.69, 9.17) is 4.84 Å². The van der Waals surface area contributed by atoms with Gasteiger partial charge in [0.05, 0.1) is 5.92 Å². The van der Waals surface area contributed by atoms with Crippen LogP contribution in [0.2, 0.25) is 0 Å². The van der Waals surface area contributed by atoms with Crippen LogP contribution in [-0.4, -0.2) is 24.4 Å². The third kappa shape index (κ3) is 5.00. The van der Waals surface area contributed by atoms with E-state index in [1.807, 2.05) is 6.92 Å². The quantitative estimate of drug-likeness (QED) is 0.318. The number of benzene rings is 1. The number of ketones is 2. The van der Waals surface area contributed by atoms with Crippen LogP contribution in [0.5, 0.6) is 0 Å². The van der Waals surface area contributed by atoms with E-state index in [-0.39, 0.29) is 17.5 Å². The molecule has 0 atom stereocenters. The van der Waals surface area contributed by atoms with Gasteiger partial charge in [0.1, 0.15) is 18.2 Å². The number of carbonyl (C=O) groups is 2. The van der Waals surface area contributed by atoms with Gasteiger partial charge in [0.15, 0.2) is 0 Å². The second kappa shape index (κ2) is 8.93. The van der Waals surface area contributed by atoms with Gasteiger partial charge in [0.25, 0.3) is 0 Å². The van der Waals surface area contributed by atoms with Gasteiger partial charge in [0, 0.05) is 19.1 Å².